The van der Waals surface area contributed by atoms with Crippen LogP contribution in [0.1, 0.15) is 22.3 Å². The second-order valence-corrected chi connectivity index (χ2v) is 8.19. The lowest BCUT2D eigenvalue weighted by molar-refractivity contribution is -0.136. The van der Waals surface area contributed by atoms with Crippen molar-refractivity contribution in [1.82, 2.24) is 9.97 Å². The fraction of sp³-hybridized carbons (Fsp3) is 0.208. The van der Waals surface area contributed by atoms with Crippen LogP contribution in [0.25, 0.3) is 32.9 Å². The molecule has 0 atom stereocenters. The van der Waals surface area contributed by atoms with Crippen molar-refractivity contribution in [3.8, 4) is 11.1 Å². The number of aryl methyl sites for hydroxylation is 3. The van der Waals surface area contributed by atoms with E-state index in [1.54, 1.807) is 0 Å². The molecule has 2 heterocycles. The number of halogens is 1. The minimum Gasteiger partial charge on any atom is -0.481 e. The number of carboxylic acid groups (broad SMARTS) is 1. The number of carboxylic acids is 1. The van der Waals surface area contributed by atoms with Crippen LogP contribution in [0.2, 0.25) is 0 Å². The zero-order valence-corrected chi connectivity index (χ0v) is 18.5. The molecule has 0 saturated heterocycles. The quantitative estimate of drug-likeness (QED) is 0.303. The molecule has 0 spiro atoms. The van der Waals surface area contributed by atoms with E-state index >= 15 is 0 Å². The fourth-order valence-electron chi connectivity index (χ4n) is 4.13. The maximum absolute atomic E-state index is 14.0. The molecule has 31 heavy (non-hydrogen) atoms. The van der Waals surface area contributed by atoms with Gasteiger partial charge in [-0.15, -0.1) is 0 Å². The SMILES string of the molecule is CSNc1nc2c(C)c(CC(=O)O)c(-c3ccc(C)cc3)c(C)c2c2ncc(F)cc12. The van der Waals surface area contributed by atoms with Crippen LogP contribution in [0.3, 0.4) is 0 Å². The Morgan fingerprint density at radius 3 is 2.48 bits per heavy atom. The highest BCUT2D eigenvalue weighted by Gasteiger charge is 2.22. The molecule has 158 valence electrons. The summed E-state index contributed by atoms with van der Waals surface area (Å²) in [4.78, 5) is 20.9. The van der Waals surface area contributed by atoms with Gasteiger partial charge in [0.2, 0.25) is 0 Å². The van der Waals surface area contributed by atoms with E-state index in [-0.39, 0.29) is 6.42 Å². The maximum Gasteiger partial charge on any atom is 0.307 e. The van der Waals surface area contributed by atoms with Gasteiger partial charge in [-0.05, 0) is 54.7 Å². The first-order chi connectivity index (χ1) is 14.8. The number of carbonyl (C=O) groups is 1. The Bertz CT molecular complexity index is 1340. The molecule has 0 fully saturated rings. The molecule has 4 aromatic rings. The molecule has 4 rings (SSSR count). The second kappa shape index (κ2) is 8.15. The monoisotopic (exact) mass is 435 g/mol. The number of nitrogens with one attached hydrogen (secondary N) is 1. The molecule has 0 bridgehead atoms. The molecule has 0 amide bonds. The van der Waals surface area contributed by atoms with E-state index in [0.717, 1.165) is 38.8 Å². The third-order valence-corrected chi connectivity index (χ3v) is 5.93. The van der Waals surface area contributed by atoms with Crippen molar-refractivity contribution in [3.63, 3.8) is 0 Å². The summed E-state index contributed by atoms with van der Waals surface area (Å²) in [7, 11) is 0. The Hall–Kier alpha value is -3.19. The summed E-state index contributed by atoms with van der Waals surface area (Å²) in [6, 6.07) is 9.45. The van der Waals surface area contributed by atoms with Gasteiger partial charge in [-0.3, -0.25) is 9.78 Å². The van der Waals surface area contributed by atoms with E-state index in [1.807, 2.05) is 51.3 Å². The number of anilines is 1. The molecule has 0 aliphatic rings. The third kappa shape index (κ3) is 3.70. The number of fused-ring (bicyclic) bond motifs is 3. The van der Waals surface area contributed by atoms with E-state index < -0.39 is 11.8 Å². The first-order valence-electron chi connectivity index (χ1n) is 9.80. The van der Waals surface area contributed by atoms with E-state index in [0.29, 0.717) is 22.2 Å². The summed E-state index contributed by atoms with van der Waals surface area (Å²) in [5, 5.41) is 11.0. The molecule has 0 unspecified atom stereocenters. The predicted molar refractivity (Wildman–Crippen MR) is 125 cm³/mol. The Labute approximate surface area is 183 Å². The topological polar surface area (TPSA) is 75.1 Å². The first-order valence-corrected chi connectivity index (χ1v) is 11.0. The number of pyridine rings is 2. The van der Waals surface area contributed by atoms with Crippen LogP contribution in [0.15, 0.2) is 36.5 Å². The standard InChI is InChI=1S/C24H22FN3O2S/c1-12-5-7-15(8-6-12)20-14(3)21-22(13(2)17(20)10-19(29)30)27-24(28-31-4)18-9-16(25)11-26-23(18)21/h5-9,11H,10H2,1-4H3,(H,27,28)(H,29,30). The van der Waals surface area contributed by atoms with Gasteiger partial charge in [0.25, 0.3) is 0 Å². The number of aliphatic carboxylic acids is 1. The highest BCUT2D eigenvalue weighted by Crippen LogP contribution is 2.40. The number of aromatic nitrogens is 2. The van der Waals surface area contributed by atoms with Gasteiger partial charge in [0.1, 0.15) is 11.6 Å². The number of hydrogen-bond acceptors (Lipinski definition) is 5. The highest BCUT2D eigenvalue weighted by molar-refractivity contribution is 7.99. The van der Waals surface area contributed by atoms with Crippen molar-refractivity contribution in [2.75, 3.05) is 11.0 Å². The summed E-state index contributed by atoms with van der Waals surface area (Å²) in [5.41, 5.74) is 6.63. The van der Waals surface area contributed by atoms with Crippen molar-refractivity contribution < 1.29 is 14.3 Å². The average molecular weight is 436 g/mol. The summed E-state index contributed by atoms with van der Waals surface area (Å²) in [5.74, 6) is -0.832. The molecule has 0 saturated carbocycles. The van der Waals surface area contributed by atoms with Gasteiger partial charge in [0.05, 0.1) is 23.7 Å². The Morgan fingerprint density at radius 1 is 1.13 bits per heavy atom. The first kappa shape index (κ1) is 21.1. The lowest BCUT2D eigenvalue weighted by Gasteiger charge is -2.20. The largest absolute Gasteiger partial charge is 0.481 e. The zero-order valence-electron chi connectivity index (χ0n) is 17.7. The number of rotatable bonds is 5. The van der Waals surface area contributed by atoms with Gasteiger partial charge in [0.15, 0.2) is 0 Å². The van der Waals surface area contributed by atoms with Crippen LogP contribution in [0.5, 0.6) is 0 Å². The van der Waals surface area contributed by atoms with Crippen LogP contribution < -0.4 is 4.72 Å². The van der Waals surface area contributed by atoms with Gasteiger partial charge < -0.3 is 9.83 Å². The van der Waals surface area contributed by atoms with Gasteiger partial charge >= 0.3 is 5.97 Å². The maximum atomic E-state index is 14.0. The van der Waals surface area contributed by atoms with Gasteiger partial charge in [-0.25, -0.2) is 9.37 Å². The molecule has 0 radical (unpaired) electrons. The average Bonchev–Trinajstić information content (AvgIpc) is 2.73. The molecule has 7 heteroatoms. The van der Waals surface area contributed by atoms with Gasteiger partial charge in [-0.2, -0.15) is 0 Å². The normalized spacial score (nSPS) is 11.3. The third-order valence-electron chi connectivity index (χ3n) is 5.53. The summed E-state index contributed by atoms with van der Waals surface area (Å²) in [6.07, 6.45) is 2.95. The molecule has 0 aliphatic carbocycles. The summed E-state index contributed by atoms with van der Waals surface area (Å²) < 4.78 is 17.1. The fourth-order valence-corrected chi connectivity index (χ4v) is 4.47. The van der Waals surface area contributed by atoms with Crippen molar-refractivity contribution >= 4 is 45.5 Å². The Morgan fingerprint density at radius 2 is 1.84 bits per heavy atom. The number of benzene rings is 2. The van der Waals surface area contributed by atoms with Gasteiger partial charge in [-0.1, -0.05) is 41.8 Å². The van der Waals surface area contributed by atoms with Crippen LogP contribution >= 0.6 is 11.9 Å². The number of hydrogen-bond donors (Lipinski definition) is 2. The van der Waals surface area contributed by atoms with Crippen molar-refractivity contribution in [1.29, 1.82) is 0 Å². The van der Waals surface area contributed by atoms with Crippen LogP contribution in [0.4, 0.5) is 10.2 Å². The minimum atomic E-state index is -0.904. The van der Waals surface area contributed by atoms with Gasteiger partial charge in [0, 0.05) is 17.0 Å². The molecule has 2 aromatic heterocycles. The molecule has 2 aromatic carbocycles. The zero-order chi connectivity index (χ0) is 22.3. The lowest BCUT2D eigenvalue weighted by Crippen LogP contribution is -2.08. The van der Waals surface area contributed by atoms with E-state index in [1.165, 1.54) is 24.2 Å². The van der Waals surface area contributed by atoms with E-state index in [4.69, 9.17) is 4.98 Å². The molecule has 0 aliphatic heterocycles. The van der Waals surface area contributed by atoms with E-state index in [2.05, 4.69) is 9.71 Å². The van der Waals surface area contributed by atoms with Crippen molar-refractivity contribution in [2.24, 2.45) is 0 Å². The molecule has 2 N–H and O–H groups in total. The van der Waals surface area contributed by atoms with Crippen molar-refractivity contribution in [3.05, 3.63) is 64.6 Å². The lowest BCUT2D eigenvalue weighted by atomic mass is 9.86. The Balaban J connectivity index is 2.20. The van der Waals surface area contributed by atoms with Crippen LogP contribution in [-0.4, -0.2) is 27.3 Å². The summed E-state index contributed by atoms with van der Waals surface area (Å²) >= 11 is 1.35. The van der Waals surface area contributed by atoms with Crippen molar-refractivity contribution in [2.45, 2.75) is 27.2 Å². The minimum absolute atomic E-state index is 0.117. The highest BCUT2D eigenvalue weighted by atomic mass is 32.2. The Kier molecular flexibility index (Phi) is 5.54. The van der Waals surface area contributed by atoms with Crippen LogP contribution in [-0.2, 0) is 11.2 Å². The molecular weight excluding hydrogens is 413 g/mol. The van der Waals surface area contributed by atoms with E-state index in [9.17, 15) is 14.3 Å². The smallest absolute Gasteiger partial charge is 0.307 e. The summed E-state index contributed by atoms with van der Waals surface area (Å²) in [6.45, 7) is 5.86. The number of nitrogens with zero attached hydrogens (tertiary/aromatic N) is 2. The van der Waals surface area contributed by atoms with Crippen LogP contribution in [0, 0.1) is 26.6 Å². The predicted octanol–water partition coefficient (Wildman–Crippen LogP) is 5.83. The molecular formula is C24H22FN3O2S. The second-order valence-electron chi connectivity index (χ2n) is 7.58. The molecule has 5 nitrogen and oxygen atoms in total.